The van der Waals surface area contributed by atoms with E-state index in [9.17, 15) is 13.2 Å². The largest absolute Gasteiger partial charge is 0.444 e. The Balaban J connectivity index is 1.75. The minimum atomic E-state index is -3.53. The van der Waals surface area contributed by atoms with E-state index in [-0.39, 0.29) is 22.6 Å². The molecule has 0 saturated heterocycles. The van der Waals surface area contributed by atoms with Crippen molar-refractivity contribution in [1.82, 2.24) is 4.90 Å². The predicted octanol–water partition coefficient (Wildman–Crippen LogP) is 7.80. The second-order valence-electron chi connectivity index (χ2n) is 10.4. The molecule has 0 bridgehead atoms. The lowest BCUT2D eigenvalue weighted by Gasteiger charge is -2.38. The van der Waals surface area contributed by atoms with E-state index in [4.69, 9.17) is 27.9 Å². The van der Waals surface area contributed by atoms with Crippen LogP contribution in [-0.4, -0.2) is 32.1 Å². The van der Waals surface area contributed by atoms with Gasteiger partial charge in [-0.3, -0.25) is 0 Å². The summed E-state index contributed by atoms with van der Waals surface area (Å²) in [6, 6.07) is 19.6. The van der Waals surface area contributed by atoms with Crippen LogP contribution in [0.25, 0.3) is 0 Å². The summed E-state index contributed by atoms with van der Waals surface area (Å²) in [4.78, 5) is 14.9. The molecular formula is C29H31Cl2NO4S. The lowest BCUT2D eigenvalue weighted by atomic mass is 9.76. The summed E-state index contributed by atoms with van der Waals surface area (Å²) >= 11 is 12.5. The van der Waals surface area contributed by atoms with Crippen LogP contribution < -0.4 is 0 Å². The highest BCUT2D eigenvalue weighted by atomic mass is 35.5. The molecule has 0 fully saturated rings. The molecular weight excluding hydrogens is 529 g/mol. The number of hydrogen-bond acceptors (Lipinski definition) is 4. The molecule has 1 amide bonds. The molecule has 3 aromatic carbocycles. The van der Waals surface area contributed by atoms with Crippen molar-refractivity contribution in [3.63, 3.8) is 0 Å². The van der Waals surface area contributed by atoms with E-state index in [2.05, 4.69) is 0 Å². The zero-order chi connectivity index (χ0) is 27.0. The molecule has 0 N–H and O–H groups in total. The average molecular weight is 561 g/mol. The van der Waals surface area contributed by atoms with E-state index in [1.165, 1.54) is 0 Å². The van der Waals surface area contributed by atoms with Gasteiger partial charge in [-0.2, -0.15) is 0 Å². The molecule has 0 radical (unpaired) electrons. The molecule has 0 aromatic heterocycles. The van der Waals surface area contributed by atoms with Gasteiger partial charge in [0.15, 0.2) is 9.84 Å². The number of carbonyl (C=O) groups excluding carboxylic acids is 1. The maximum atomic E-state index is 13.1. The van der Waals surface area contributed by atoms with Gasteiger partial charge in [0.2, 0.25) is 0 Å². The summed E-state index contributed by atoms with van der Waals surface area (Å²) in [5, 5.41) is 0.977. The van der Waals surface area contributed by atoms with Crippen molar-refractivity contribution >= 4 is 39.1 Å². The Bertz CT molecular complexity index is 1400. The van der Waals surface area contributed by atoms with Gasteiger partial charge in [-0.25, -0.2) is 13.2 Å². The van der Waals surface area contributed by atoms with E-state index >= 15 is 0 Å². The number of ether oxygens (including phenoxy) is 1. The van der Waals surface area contributed by atoms with Crippen LogP contribution in [0, 0.1) is 0 Å². The fraction of sp³-hybridized carbons (Fsp3) is 0.345. The number of amides is 1. The quantitative estimate of drug-likeness (QED) is 0.319. The van der Waals surface area contributed by atoms with Crippen LogP contribution in [0.15, 0.2) is 71.6 Å². The summed E-state index contributed by atoms with van der Waals surface area (Å²) in [7, 11) is -1.80. The molecule has 0 saturated carbocycles. The van der Waals surface area contributed by atoms with Crippen LogP contribution in [0.1, 0.15) is 67.8 Å². The standard InChI is InChI=1S/C29H31Cl2NO4S/c1-29(2,3)36-28(33)32(4)27-15-13-22(20-11-14-25(30)26(31)17-20)23-12-10-19(16-24(23)27)18-37(34,35)21-8-6-5-7-9-21/h5-12,14,16-17,22,27H,13,15,18H2,1-4H3/t22-,27-/m0/s1. The van der Waals surface area contributed by atoms with Crippen molar-refractivity contribution in [3.05, 3.63) is 99.0 Å². The van der Waals surface area contributed by atoms with Crippen LogP contribution in [0.2, 0.25) is 10.0 Å². The third kappa shape index (κ3) is 6.31. The van der Waals surface area contributed by atoms with Crippen molar-refractivity contribution in [2.75, 3.05) is 7.05 Å². The van der Waals surface area contributed by atoms with Gasteiger partial charge in [-0.1, -0.05) is 65.7 Å². The topological polar surface area (TPSA) is 63.7 Å². The molecule has 37 heavy (non-hydrogen) atoms. The van der Waals surface area contributed by atoms with Gasteiger partial charge in [0.25, 0.3) is 0 Å². The minimum Gasteiger partial charge on any atom is -0.444 e. The second kappa shape index (κ2) is 10.7. The molecule has 4 rings (SSSR count). The molecule has 0 spiro atoms. The fourth-order valence-electron chi connectivity index (χ4n) is 4.82. The van der Waals surface area contributed by atoms with Crippen molar-refractivity contribution < 1.29 is 17.9 Å². The van der Waals surface area contributed by atoms with Crippen LogP contribution in [0.5, 0.6) is 0 Å². The number of rotatable bonds is 5. The highest BCUT2D eigenvalue weighted by molar-refractivity contribution is 7.90. The third-order valence-electron chi connectivity index (χ3n) is 6.57. The summed E-state index contributed by atoms with van der Waals surface area (Å²) in [6.07, 6.45) is 1.05. The first-order valence-electron chi connectivity index (χ1n) is 12.2. The number of sulfone groups is 1. The lowest BCUT2D eigenvalue weighted by Crippen LogP contribution is -2.38. The van der Waals surface area contributed by atoms with Crippen molar-refractivity contribution in [1.29, 1.82) is 0 Å². The zero-order valence-corrected chi connectivity index (χ0v) is 23.7. The maximum Gasteiger partial charge on any atom is 0.410 e. The fourth-order valence-corrected chi connectivity index (χ4v) is 6.49. The molecule has 3 aromatic rings. The van der Waals surface area contributed by atoms with Gasteiger partial charge in [-0.15, -0.1) is 0 Å². The summed E-state index contributed by atoms with van der Waals surface area (Å²) in [5.41, 5.74) is 3.01. The summed E-state index contributed by atoms with van der Waals surface area (Å²) in [6.45, 7) is 5.50. The van der Waals surface area contributed by atoms with Gasteiger partial charge in [-0.05, 0) is 80.1 Å². The monoisotopic (exact) mass is 559 g/mol. The van der Waals surface area contributed by atoms with Crippen molar-refractivity contribution in [3.8, 4) is 0 Å². The normalized spacial score (nSPS) is 17.7. The van der Waals surface area contributed by atoms with Crippen LogP contribution in [-0.2, 0) is 20.3 Å². The SMILES string of the molecule is CN(C(=O)OC(C)(C)C)[C@H]1CC[C@@H](c2ccc(Cl)c(Cl)c2)c2ccc(CS(=O)(=O)c3ccccc3)cc21. The first kappa shape index (κ1) is 27.5. The number of hydrogen-bond donors (Lipinski definition) is 0. The highest BCUT2D eigenvalue weighted by Crippen LogP contribution is 2.45. The first-order valence-corrected chi connectivity index (χ1v) is 14.6. The van der Waals surface area contributed by atoms with Gasteiger partial charge in [0.1, 0.15) is 5.60 Å². The van der Waals surface area contributed by atoms with Gasteiger partial charge in [0, 0.05) is 13.0 Å². The number of halogens is 2. The van der Waals surface area contributed by atoms with Crippen LogP contribution in [0.3, 0.4) is 0 Å². The van der Waals surface area contributed by atoms with E-state index in [0.717, 1.165) is 23.1 Å². The minimum absolute atomic E-state index is 0.0350. The molecule has 8 heteroatoms. The highest BCUT2D eigenvalue weighted by Gasteiger charge is 2.34. The number of fused-ring (bicyclic) bond motifs is 1. The van der Waals surface area contributed by atoms with E-state index < -0.39 is 21.5 Å². The van der Waals surface area contributed by atoms with E-state index in [1.807, 2.05) is 51.1 Å². The molecule has 2 atom stereocenters. The third-order valence-corrected chi connectivity index (χ3v) is 9.01. The smallest absolute Gasteiger partial charge is 0.410 e. The Morgan fingerprint density at radius 2 is 1.65 bits per heavy atom. The Morgan fingerprint density at radius 1 is 0.946 bits per heavy atom. The zero-order valence-electron chi connectivity index (χ0n) is 21.4. The molecule has 1 aliphatic rings. The van der Waals surface area contributed by atoms with E-state index in [1.54, 1.807) is 48.3 Å². The molecule has 0 unspecified atom stereocenters. The van der Waals surface area contributed by atoms with Crippen molar-refractivity contribution in [2.24, 2.45) is 0 Å². The Labute approximate surface area is 229 Å². The van der Waals surface area contributed by atoms with Gasteiger partial charge >= 0.3 is 6.09 Å². The molecule has 0 heterocycles. The summed E-state index contributed by atoms with van der Waals surface area (Å²) < 4.78 is 31.8. The van der Waals surface area contributed by atoms with E-state index in [0.29, 0.717) is 22.0 Å². The Morgan fingerprint density at radius 3 is 2.30 bits per heavy atom. The average Bonchev–Trinajstić information content (AvgIpc) is 2.84. The predicted molar refractivity (Wildman–Crippen MR) is 148 cm³/mol. The maximum absolute atomic E-state index is 13.1. The molecule has 0 aliphatic heterocycles. The molecule has 1 aliphatic carbocycles. The van der Waals surface area contributed by atoms with Crippen LogP contribution >= 0.6 is 23.2 Å². The van der Waals surface area contributed by atoms with Crippen molar-refractivity contribution in [2.45, 2.75) is 61.8 Å². The first-order chi connectivity index (χ1) is 17.4. The molecule has 196 valence electrons. The Hall–Kier alpha value is -2.54. The number of benzene rings is 3. The Kier molecular flexibility index (Phi) is 7.93. The lowest BCUT2D eigenvalue weighted by molar-refractivity contribution is 0.0202. The second-order valence-corrected chi connectivity index (χ2v) is 13.2. The molecule has 5 nitrogen and oxygen atoms in total. The van der Waals surface area contributed by atoms with Crippen LogP contribution in [0.4, 0.5) is 4.79 Å². The number of carbonyl (C=O) groups is 1. The van der Waals surface area contributed by atoms with Gasteiger partial charge < -0.3 is 9.64 Å². The summed E-state index contributed by atoms with van der Waals surface area (Å²) in [5.74, 6) is -0.0993. The van der Waals surface area contributed by atoms with Gasteiger partial charge in [0.05, 0.1) is 26.7 Å². The number of nitrogens with zero attached hydrogens (tertiary/aromatic N) is 1.